The molecule has 1 N–H and O–H groups in total. The summed E-state index contributed by atoms with van der Waals surface area (Å²) in [5.41, 5.74) is -0.171. The lowest BCUT2D eigenvalue weighted by Gasteiger charge is -2.14. The topological polar surface area (TPSA) is 128 Å². The van der Waals surface area contributed by atoms with Gasteiger partial charge in [0.25, 0.3) is 0 Å². The molecule has 0 saturated carbocycles. The third-order valence-corrected chi connectivity index (χ3v) is 3.13. The Kier molecular flexibility index (Phi) is 7.80. The van der Waals surface area contributed by atoms with E-state index in [2.05, 4.69) is 10.1 Å². The van der Waals surface area contributed by atoms with Crippen molar-refractivity contribution in [3.05, 3.63) is 30.2 Å². The SMILES string of the molecule is COCCOCCOCCOc1cnc(-n2ccc(C(=O)O)n2)c([O-])c1. The summed E-state index contributed by atoms with van der Waals surface area (Å²) in [7, 11) is 1.61. The van der Waals surface area contributed by atoms with Gasteiger partial charge in [-0.2, -0.15) is 5.10 Å². The standard InChI is InChI=1S/C16H21N3O7/c1-23-4-5-24-6-7-25-8-9-26-12-10-14(20)15(17-11-12)19-3-2-13(18-19)16(21)22/h2-3,10-11,20H,4-9H2,1H3,(H,21,22)/p-1. The number of hydrogen-bond acceptors (Lipinski definition) is 8. The predicted molar refractivity (Wildman–Crippen MR) is 86.8 cm³/mol. The molecule has 0 unspecified atom stereocenters. The average Bonchev–Trinajstić information content (AvgIpc) is 3.10. The van der Waals surface area contributed by atoms with Gasteiger partial charge in [-0.25, -0.2) is 14.5 Å². The molecule has 0 aliphatic rings. The van der Waals surface area contributed by atoms with Crippen molar-refractivity contribution in [2.75, 3.05) is 46.8 Å². The molecule has 142 valence electrons. The first-order valence-corrected chi connectivity index (χ1v) is 7.85. The summed E-state index contributed by atoms with van der Waals surface area (Å²) in [4.78, 5) is 14.8. The van der Waals surface area contributed by atoms with Gasteiger partial charge in [-0.05, 0) is 12.1 Å². The number of nitrogens with zero attached hydrogens (tertiary/aromatic N) is 3. The van der Waals surface area contributed by atoms with Gasteiger partial charge in [0.05, 0.1) is 39.2 Å². The molecule has 2 rings (SSSR count). The molecule has 0 atom stereocenters. The summed E-state index contributed by atoms with van der Waals surface area (Å²) in [6.07, 6.45) is 2.73. The van der Waals surface area contributed by atoms with Crippen LogP contribution in [-0.4, -0.2) is 72.6 Å². The van der Waals surface area contributed by atoms with Crippen molar-refractivity contribution >= 4 is 5.97 Å². The minimum absolute atomic E-state index is 0.00527. The molecule has 2 aromatic heterocycles. The van der Waals surface area contributed by atoms with Crippen LogP contribution in [0.1, 0.15) is 10.5 Å². The number of pyridine rings is 1. The lowest BCUT2D eigenvalue weighted by atomic mass is 10.4. The van der Waals surface area contributed by atoms with Gasteiger partial charge in [-0.1, -0.05) is 5.75 Å². The zero-order valence-corrected chi connectivity index (χ0v) is 14.3. The van der Waals surface area contributed by atoms with Crippen LogP contribution in [0.5, 0.6) is 11.5 Å². The molecule has 2 heterocycles. The normalized spacial score (nSPS) is 10.8. The van der Waals surface area contributed by atoms with Crippen molar-refractivity contribution < 1.29 is 34.0 Å². The lowest BCUT2D eigenvalue weighted by molar-refractivity contribution is -0.268. The van der Waals surface area contributed by atoms with Gasteiger partial charge in [0.1, 0.15) is 18.2 Å². The van der Waals surface area contributed by atoms with Gasteiger partial charge in [0.2, 0.25) is 0 Å². The molecule has 0 aromatic carbocycles. The van der Waals surface area contributed by atoms with E-state index in [0.717, 1.165) is 4.68 Å². The van der Waals surface area contributed by atoms with E-state index in [0.29, 0.717) is 38.8 Å². The number of ether oxygens (including phenoxy) is 4. The minimum Gasteiger partial charge on any atom is -0.870 e. The Hall–Kier alpha value is -2.69. The first kappa shape index (κ1) is 19.6. The van der Waals surface area contributed by atoms with Crippen LogP contribution in [0, 0.1) is 0 Å². The minimum atomic E-state index is -1.18. The van der Waals surface area contributed by atoms with Crippen molar-refractivity contribution in [3.63, 3.8) is 0 Å². The van der Waals surface area contributed by atoms with Crippen LogP contribution in [-0.2, 0) is 14.2 Å². The van der Waals surface area contributed by atoms with E-state index in [1.807, 2.05) is 0 Å². The maximum absolute atomic E-state index is 12.1. The molecular weight excluding hydrogens is 346 g/mol. The number of methoxy groups -OCH3 is 1. The highest BCUT2D eigenvalue weighted by Gasteiger charge is 2.09. The van der Waals surface area contributed by atoms with Gasteiger partial charge in [-0.15, -0.1) is 0 Å². The van der Waals surface area contributed by atoms with E-state index in [-0.39, 0.29) is 18.1 Å². The van der Waals surface area contributed by atoms with E-state index < -0.39 is 11.7 Å². The van der Waals surface area contributed by atoms with Crippen LogP contribution in [0.25, 0.3) is 5.82 Å². The average molecular weight is 366 g/mol. The third kappa shape index (κ3) is 5.99. The van der Waals surface area contributed by atoms with E-state index in [9.17, 15) is 9.90 Å². The summed E-state index contributed by atoms with van der Waals surface area (Å²) in [6.45, 7) is 2.55. The predicted octanol–water partition coefficient (Wildman–Crippen LogP) is 0.0975. The van der Waals surface area contributed by atoms with Gasteiger partial charge in [0.15, 0.2) is 5.69 Å². The number of aromatic nitrogens is 3. The van der Waals surface area contributed by atoms with E-state index in [1.54, 1.807) is 7.11 Å². The van der Waals surface area contributed by atoms with Gasteiger partial charge in [-0.3, -0.25) is 0 Å². The van der Waals surface area contributed by atoms with Gasteiger partial charge < -0.3 is 29.2 Å². The lowest BCUT2D eigenvalue weighted by Crippen LogP contribution is -2.13. The number of rotatable bonds is 12. The van der Waals surface area contributed by atoms with Crippen molar-refractivity contribution in [3.8, 4) is 17.3 Å². The van der Waals surface area contributed by atoms with Crippen molar-refractivity contribution in [1.82, 2.24) is 14.8 Å². The van der Waals surface area contributed by atoms with Crippen LogP contribution in [0.2, 0.25) is 0 Å². The third-order valence-electron chi connectivity index (χ3n) is 3.13. The maximum Gasteiger partial charge on any atom is 0.356 e. The fourth-order valence-corrected chi connectivity index (χ4v) is 1.91. The summed E-state index contributed by atoms with van der Waals surface area (Å²) in [5, 5.41) is 24.7. The molecule has 0 aliphatic carbocycles. The molecule has 0 bridgehead atoms. The Labute approximate surface area is 149 Å². The zero-order chi connectivity index (χ0) is 18.8. The van der Waals surface area contributed by atoms with E-state index >= 15 is 0 Å². The first-order valence-electron chi connectivity index (χ1n) is 7.85. The number of carboxylic acids is 1. The highest BCUT2D eigenvalue weighted by Crippen LogP contribution is 2.21. The number of hydrogen-bond donors (Lipinski definition) is 1. The summed E-state index contributed by atoms with van der Waals surface area (Å²) in [5.74, 6) is -1.33. The molecule has 10 heteroatoms. The largest absolute Gasteiger partial charge is 0.870 e. The van der Waals surface area contributed by atoms with E-state index in [1.165, 1.54) is 24.5 Å². The molecule has 0 saturated heterocycles. The van der Waals surface area contributed by atoms with Crippen molar-refractivity contribution in [2.45, 2.75) is 0 Å². The number of carboxylic acid groups (broad SMARTS) is 1. The number of aromatic carboxylic acids is 1. The van der Waals surface area contributed by atoms with Gasteiger partial charge >= 0.3 is 5.97 Å². The molecule has 26 heavy (non-hydrogen) atoms. The van der Waals surface area contributed by atoms with Crippen LogP contribution >= 0.6 is 0 Å². The Bertz CT molecular complexity index is 705. The molecule has 0 aliphatic heterocycles. The Balaban J connectivity index is 1.74. The fraction of sp³-hybridized carbons (Fsp3) is 0.438. The fourth-order valence-electron chi connectivity index (χ4n) is 1.91. The molecule has 10 nitrogen and oxygen atoms in total. The Morgan fingerprint density at radius 1 is 1.19 bits per heavy atom. The summed E-state index contributed by atoms with van der Waals surface area (Å²) >= 11 is 0. The van der Waals surface area contributed by atoms with Crippen LogP contribution in [0.4, 0.5) is 0 Å². The zero-order valence-electron chi connectivity index (χ0n) is 14.3. The van der Waals surface area contributed by atoms with Crippen LogP contribution in [0.15, 0.2) is 24.5 Å². The van der Waals surface area contributed by atoms with Crippen LogP contribution in [0.3, 0.4) is 0 Å². The van der Waals surface area contributed by atoms with Crippen molar-refractivity contribution in [2.24, 2.45) is 0 Å². The highest BCUT2D eigenvalue weighted by atomic mass is 16.6. The molecule has 0 fully saturated rings. The summed E-state index contributed by atoms with van der Waals surface area (Å²) in [6, 6.07) is 2.54. The molecule has 0 amide bonds. The van der Waals surface area contributed by atoms with Crippen molar-refractivity contribution in [1.29, 1.82) is 0 Å². The first-order chi connectivity index (χ1) is 12.6. The highest BCUT2D eigenvalue weighted by molar-refractivity contribution is 5.85. The quantitative estimate of drug-likeness (QED) is 0.520. The second-order valence-corrected chi connectivity index (χ2v) is 5.01. The molecule has 0 radical (unpaired) electrons. The smallest absolute Gasteiger partial charge is 0.356 e. The van der Waals surface area contributed by atoms with Crippen LogP contribution < -0.4 is 9.84 Å². The second kappa shape index (κ2) is 10.3. The number of carbonyl (C=O) groups is 1. The molecule has 0 spiro atoms. The maximum atomic E-state index is 12.1. The summed E-state index contributed by atoms with van der Waals surface area (Å²) < 4.78 is 21.9. The molecule has 2 aromatic rings. The second-order valence-electron chi connectivity index (χ2n) is 5.01. The Morgan fingerprint density at radius 2 is 1.88 bits per heavy atom. The molecular formula is C16H20N3O7-. The van der Waals surface area contributed by atoms with Gasteiger partial charge in [0, 0.05) is 13.3 Å². The monoisotopic (exact) mass is 366 g/mol. The Morgan fingerprint density at radius 3 is 2.50 bits per heavy atom. The van der Waals surface area contributed by atoms with E-state index in [4.69, 9.17) is 24.1 Å².